The summed E-state index contributed by atoms with van der Waals surface area (Å²) >= 11 is 0. The van der Waals surface area contributed by atoms with Crippen LogP contribution in [0.2, 0.25) is 0 Å². The van der Waals surface area contributed by atoms with Gasteiger partial charge in [0, 0.05) is 12.3 Å². The van der Waals surface area contributed by atoms with E-state index in [1.807, 2.05) is 0 Å². The third-order valence-electron chi connectivity index (χ3n) is 5.37. The SMILES string of the molecule is CC(C)CC1C(=O)NC(=O)CC12CCCC(C)(C)CC2. The molecule has 2 unspecified atom stereocenters. The van der Waals surface area contributed by atoms with Crippen molar-refractivity contribution in [3.63, 3.8) is 0 Å². The van der Waals surface area contributed by atoms with Gasteiger partial charge in [-0.05, 0) is 48.9 Å². The summed E-state index contributed by atoms with van der Waals surface area (Å²) in [5, 5.41) is 2.57. The molecule has 0 aromatic carbocycles. The van der Waals surface area contributed by atoms with Crippen LogP contribution in [0.5, 0.6) is 0 Å². The van der Waals surface area contributed by atoms with Gasteiger partial charge < -0.3 is 0 Å². The summed E-state index contributed by atoms with van der Waals surface area (Å²) in [5.41, 5.74) is 0.278. The van der Waals surface area contributed by atoms with Crippen LogP contribution in [0.1, 0.15) is 72.6 Å². The lowest BCUT2D eigenvalue weighted by atomic mass is 9.63. The predicted octanol–water partition coefficient (Wildman–Crippen LogP) is 3.67. The summed E-state index contributed by atoms with van der Waals surface area (Å²) < 4.78 is 0. The maximum atomic E-state index is 12.4. The molecule has 20 heavy (non-hydrogen) atoms. The quantitative estimate of drug-likeness (QED) is 0.784. The van der Waals surface area contributed by atoms with Crippen molar-refractivity contribution in [3.8, 4) is 0 Å². The molecule has 2 rings (SSSR count). The summed E-state index contributed by atoms with van der Waals surface area (Å²) in [6.45, 7) is 8.96. The summed E-state index contributed by atoms with van der Waals surface area (Å²) in [7, 11) is 0. The molecule has 3 nitrogen and oxygen atoms in total. The lowest BCUT2D eigenvalue weighted by Crippen LogP contribution is -2.52. The third-order valence-corrected chi connectivity index (χ3v) is 5.37. The number of imide groups is 1. The van der Waals surface area contributed by atoms with Gasteiger partial charge in [-0.1, -0.05) is 34.1 Å². The fraction of sp³-hybridized carbons (Fsp3) is 0.882. The Morgan fingerprint density at radius 2 is 1.85 bits per heavy atom. The van der Waals surface area contributed by atoms with Gasteiger partial charge in [0.2, 0.25) is 11.8 Å². The van der Waals surface area contributed by atoms with Crippen LogP contribution < -0.4 is 5.32 Å². The standard InChI is InChI=1S/C17H29NO2/c1-12(2)10-13-15(20)18-14(19)11-17(13)7-5-6-16(3,4)8-9-17/h12-13H,5-11H2,1-4H3,(H,18,19,20). The van der Waals surface area contributed by atoms with E-state index in [0.29, 0.717) is 17.8 Å². The van der Waals surface area contributed by atoms with E-state index in [-0.39, 0.29) is 23.1 Å². The highest BCUT2D eigenvalue weighted by Gasteiger charge is 2.49. The average molecular weight is 279 g/mol. The van der Waals surface area contributed by atoms with E-state index in [1.165, 1.54) is 6.42 Å². The van der Waals surface area contributed by atoms with Crippen LogP contribution in [0, 0.1) is 22.7 Å². The van der Waals surface area contributed by atoms with Crippen molar-refractivity contribution >= 4 is 11.8 Å². The molecule has 0 radical (unpaired) electrons. The Morgan fingerprint density at radius 3 is 2.50 bits per heavy atom. The molecule has 3 heteroatoms. The molecule has 2 atom stereocenters. The number of carbonyl (C=O) groups excluding carboxylic acids is 2. The number of rotatable bonds is 2. The van der Waals surface area contributed by atoms with Gasteiger partial charge in [0.15, 0.2) is 0 Å². The van der Waals surface area contributed by atoms with Gasteiger partial charge in [-0.3, -0.25) is 14.9 Å². The molecule has 1 saturated heterocycles. The highest BCUT2D eigenvalue weighted by Crippen LogP contribution is 2.51. The number of amides is 2. The van der Waals surface area contributed by atoms with E-state index in [9.17, 15) is 9.59 Å². The number of hydrogen-bond acceptors (Lipinski definition) is 2. The normalized spacial score (nSPS) is 34.1. The van der Waals surface area contributed by atoms with Crippen molar-refractivity contribution in [2.45, 2.75) is 72.6 Å². The van der Waals surface area contributed by atoms with Crippen molar-refractivity contribution in [2.75, 3.05) is 0 Å². The van der Waals surface area contributed by atoms with Crippen LogP contribution >= 0.6 is 0 Å². The molecule has 2 amide bonds. The van der Waals surface area contributed by atoms with Gasteiger partial charge in [-0.25, -0.2) is 0 Å². The first-order valence-electron chi connectivity index (χ1n) is 8.08. The average Bonchev–Trinajstić information content (AvgIpc) is 2.44. The molecule has 2 aliphatic rings. The minimum absolute atomic E-state index is 0.0188. The monoisotopic (exact) mass is 279 g/mol. The Kier molecular flexibility index (Phi) is 4.27. The van der Waals surface area contributed by atoms with E-state index in [4.69, 9.17) is 0 Å². The maximum Gasteiger partial charge on any atom is 0.230 e. The summed E-state index contributed by atoms with van der Waals surface area (Å²) in [5.74, 6) is 0.436. The Bertz CT molecular complexity index is 400. The topological polar surface area (TPSA) is 46.2 Å². The van der Waals surface area contributed by atoms with Gasteiger partial charge in [0.1, 0.15) is 0 Å². The molecule has 1 aliphatic carbocycles. The number of piperidine rings is 1. The fourth-order valence-corrected chi connectivity index (χ4v) is 4.10. The van der Waals surface area contributed by atoms with Gasteiger partial charge in [-0.15, -0.1) is 0 Å². The maximum absolute atomic E-state index is 12.4. The van der Waals surface area contributed by atoms with Crippen LogP contribution in [0.15, 0.2) is 0 Å². The van der Waals surface area contributed by atoms with Gasteiger partial charge in [-0.2, -0.15) is 0 Å². The summed E-state index contributed by atoms with van der Waals surface area (Å²) in [6.07, 6.45) is 6.98. The second-order valence-corrected chi connectivity index (χ2v) is 8.15. The second kappa shape index (κ2) is 5.50. The Balaban J connectivity index is 2.27. The molecule has 0 aromatic rings. The van der Waals surface area contributed by atoms with Crippen molar-refractivity contribution in [1.82, 2.24) is 5.32 Å². The first-order chi connectivity index (χ1) is 9.24. The molecule has 0 bridgehead atoms. The Morgan fingerprint density at radius 1 is 1.15 bits per heavy atom. The molecular formula is C17H29NO2. The first-order valence-corrected chi connectivity index (χ1v) is 8.08. The van der Waals surface area contributed by atoms with Crippen LogP contribution in [-0.2, 0) is 9.59 Å². The third kappa shape index (κ3) is 3.24. The van der Waals surface area contributed by atoms with E-state index in [1.54, 1.807) is 0 Å². The van der Waals surface area contributed by atoms with Gasteiger partial charge in [0.05, 0.1) is 0 Å². The zero-order valence-corrected chi connectivity index (χ0v) is 13.4. The van der Waals surface area contributed by atoms with Crippen LogP contribution in [0.4, 0.5) is 0 Å². The van der Waals surface area contributed by atoms with Crippen molar-refractivity contribution < 1.29 is 9.59 Å². The highest BCUT2D eigenvalue weighted by atomic mass is 16.2. The van der Waals surface area contributed by atoms with E-state index >= 15 is 0 Å². The Hall–Kier alpha value is -0.860. The Labute approximate surface area is 122 Å². The first kappa shape index (κ1) is 15.5. The van der Waals surface area contributed by atoms with Crippen molar-refractivity contribution in [1.29, 1.82) is 0 Å². The van der Waals surface area contributed by atoms with E-state index < -0.39 is 0 Å². The molecule has 1 spiro atoms. The van der Waals surface area contributed by atoms with Crippen LogP contribution in [0.25, 0.3) is 0 Å². The zero-order chi connectivity index (χ0) is 15.0. The molecule has 0 aromatic heterocycles. The second-order valence-electron chi connectivity index (χ2n) is 8.15. The molecule has 1 aliphatic heterocycles. The number of nitrogens with one attached hydrogen (secondary N) is 1. The molecule has 1 saturated carbocycles. The number of hydrogen-bond donors (Lipinski definition) is 1. The minimum Gasteiger partial charge on any atom is -0.296 e. The highest BCUT2D eigenvalue weighted by molar-refractivity contribution is 5.99. The molecule has 1 N–H and O–H groups in total. The van der Waals surface area contributed by atoms with Crippen molar-refractivity contribution in [2.24, 2.45) is 22.7 Å². The molecule has 114 valence electrons. The van der Waals surface area contributed by atoms with Crippen LogP contribution in [0.3, 0.4) is 0 Å². The summed E-state index contributed by atoms with van der Waals surface area (Å²) in [4.78, 5) is 24.3. The molecular weight excluding hydrogens is 250 g/mol. The molecule has 2 fully saturated rings. The number of carbonyl (C=O) groups is 2. The summed E-state index contributed by atoms with van der Waals surface area (Å²) in [6, 6.07) is 0. The molecule has 1 heterocycles. The largest absolute Gasteiger partial charge is 0.296 e. The van der Waals surface area contributed by atoms with Crippen molar-refractivity contribution in [3.05, 3.63) is 0 Å². The lowest BCUT2D eigenvalue weighted by molar-refractivity contribution is -0.145. The van der Waals surface area contributed by atoms with Gasteiger partial charge >= 0.3 is 0 Å². The fourth-order valence-electron chi connectivity index (χ4n) is 4.10. The zero-order valence-electron chi connectivity index (χ0n) is 13.4. The smallest absolute Gasteiger partial charge is 0.230 e. The van der Waals surface area contributed by atoms with Crippen LogP contribution in [-0.4, -0.2) is 11.8 Å². The van der Waals surface area contributed by atoms with E-state index in [0.717, 1.165) is 32.1 Å². The predicted molar refractivity (Wildman–Crippen MR) is 80.0 cm³/mol. The minimum atomic E-state index is -0.0720. The lowest BCUT2D eigenvalue weighted by Gasteiger charge is -2.43. The van der Waals surface area contributed by atoms with Gasteiger partial charge in [0.25, 0.3) is 0 Å². The van der Waals surface area contributed by atoms with E-state index in [2.05, 4.69) is 33.0 Å².